The van der Waals surface area contributed by atoms with Crippen molar-refractivity contribution in [3.05, 3.63) is 24.3 Å². The van der Waals surface area contributed by atoms with Gasteiger partial charge in [0.1, 0.15) is 11.9 Å². The molecule has 1 N–H and O–H groups in total. The molecule has 0 aliphatic rings. The van der Waals surface area contributed by atoms with Gasteiger partial charge in [-0.15, -0.1) is 11.8 Å². The van der Waals surface area contributed by atoms with Gasteiger partial charge in [0.25, 0.3) is 0 Å². The molecular formula is C14H23NOS. The first-order chi connectivity index (χ1) is 8.17. The third-order valence-corrected chi connectivity index (χ3v) is 3.43. The van der Waals surface area contributed by atoms with Crippen LogP contribution in [-0.4, -0.2) is 25.4 Å². The van der Waals surface area contributed by atoms with E-state index in [0.29, 0.717) is 5.92 Å². The highest BCUT2D eigenvalue weighted by molar-refractivity contribution is 7.98. The Morgan fingerprint density at radius 2 is 1.88 bits per heavy atom. The molecule has 0 amide bonds. The lowest BCUT2D eigenvalue weighted by molar-refractivity contribution is 0.149. The van der Waals surface area contributed by atoms with Gasteiger partial charge in [0, 0.05) is 11.4 Å². The fraction of sp³-hybridized carbons (Fsp3) is 0.571. The minimum atomic E-state index is 0.232. The summed E-state index contributed by atoms with van der Waals surface area (Å²) < 4.78 is 6.01. The highest BCUT2D eigenvalue weighted by Crippen LogP contribution is 2.21. The van der Waals surface area contributed by atoms with E-state index in [0.717, 1.165) is 18.8 Å². The van der Waals surface area contributed by atoms with Crippen LogP contribution in [0.2, 0.25) is 0 Å². The van der Waals surface area contributed by atoms with Gasteiger partial charge in [0.05, 0.1) is 0 Å². The first-order valence-electron chi connectivity index (χ1n) is 6.18. The van der Waals surface area contributed by atoms with E-state index >= 15 is 0 Å². The molecule has 1 aromatic carbocycles. The lowest BCUT2D eigenvalue weighted by atomic mass is 10.1. The van der Waals surface area contributed by atoms with E-state index < -0.39 is 0 Å². The van der Waals surface area contributed by atoms with Gasteiger partial charge in [0.2, 0.25) is 0 Å². The van der Waals surface area contributed by atoms with E-state index in [9.17, 15) is 0 Å². The Kier molecular flexibility index (Phi) is 6.45. The average molecular weight is 253 g/mol. The van der Waals surface area contributed by atoms with Crippen LogP contribution in [0.1, 0.15) is 20.8 Å². The van der Waals surface area contributed by atoms with Crippen LogP contribution >= 0.6 is 11.8 Å². The minimum absolute atomic E-state index is 0.232. The summed E-state index contributed by atoms with van der Waals surface area (Å²) in [5, 5.41) is 3.34. The zero-order chi connectivity index (χ0) is 12.7. The molecule has 1 rings (SSSR count). The topological polar surface area (TPSA) is 21.3 Å². The van der Waals surface area contributed by atoms with Gasteiger partial charge < -0.3 is 10.1 Å². The molecule has 0 aliphatic carbocycles. The van der Waals surface area contributed by atoms with Gasteiger partial charge in [-0.25, -0.2) is 0 Å². The summed E-state index contributed by atoms with van der Waals surface area (Å²) in [6.07, 6.45) is 2.31. The van der Waals surface area contributed by atoms with Crippen molar-refractivity contribution in [3.63, 3.8) is 0 Å². The Morgan fingerprint density at radius 3 is 2.35 bits per heavy atom. The number of nitrogens with one attached hydrogen (secondary N) is 1. The van der Waals surface area contributed by atoms with Crippen molar-refractivity contribution in [2.75, 3.05) is 19.3 Å². The molecule has 0 heterocycles. The van der Waals surface area contributed by atoms with Crippen molar-refractivity contribution >= 4 is 11.8 Å². The van der Waals surface area contributed by atoms with E-state index in [2.05, 4.69) is 44.5 Å². The van der Waals surface area contributed by atoms with Crippen molar-refractivity contribution in [1.82, 2.24) is 5.32 Å². The molecule has 17 heavy (non-hydrogen) atoms. The summed E-state index contributed by atoms with van der Waals surface area (Å²) in [6.45, 7) is 8.39. The molecule has 1 aromatic rings. The van der Waals surface area contributed by atoms with E-state index in [4.69, 9.17) is 4.74 Å². The summed E-state index contributed by atoms with van der Waals surface area (Å²) in [6, 6.07) is 8.30. The standard InChI is InChI=1S/C14H23NOS/c1-5-15-10-14(11(2)3)16-12-6-8-13(17-4)9-7-12/h6-9,11,14-15H,5,10H2,1-4H3. The van der Waals surface area contributed by atoms with Gasteiger partial charge in [-0.05, 0) is 43.0 Å². The molecule has 0 saturated heterocycles. The second kappa shape index (κ2) is 7.62. The van der Waals surface area contributed by atoms with Crippen LogP contribution in [0.15, 0.2) is 29.2 Å². The van der Waals surface area contributed by atoms with E-state index in [-0.39, 0.29) is 6.10 Å². The van der Waals surface area contributed by atoms with E-state index in [1.165, 1.54) is 4.90 Å². The number of benzene rings is 1. The SMILES string of the molecule is CCNCC(Oc1ccc(SC)cc1)C(C)C. The van der Waals surface area contributed by atoms with Crippen LogP contribution in [0.3, 0.4) is 0 Å². The highest BCUT2D eigenvalue weighted by Gasteiger charge is 2.14. The smallest absolute Gasteiger partial charge is 0.119 e. The lowest BCUT2D eigenvalue weighted by Crippen LogP contribution is -2.35. The van der Waals surface area contributed by atoms with E-state index in [1.807, 2.05) is 12.1 Å². The minimum Gasteiger partial charge on any atom is -0.489 e. The molecular weight excluding hydrogens is 230 g/mol. The second-order valence-corrected chi connectivity index (χ2v) is 5.26. The molecule has 1 atom stereocenters. The van der Waals surface area contributed by atoms with Crippen molar-refractivity contribution in [2.24, 2.45) is 5.92 Å². The highest BCUT2D eigenvalue weighted by atomic mass is 32.2. The van der Waals surface area contributed by atoms with Crippen LogP contribution in [0.5, 0.6) is 5.75 Å². The first-order valence-corrected chi connectivity index (χ1v) is 7.41. The van der Waals surface area contributed by atoms with E-state index in [1.54, 1.807) is 11.8 Å². The number of ether oxygens (including phenoxy) is 1. The molecule has 0 saturated carbocycles. The Morgan fingerprint density at radius 1 is 1.24 bits per heavy atom. The third kappa shape index (κ3) is 5.00. The number of likely N-dealkylation sites (N-methyl/N-ethyl adjacent to an activating group) is 1. The average Bonchev–Trinajstić information content (AvgIpc) is 2.35. The Bertz CT molecular complexity index is 311. The Hall–Kier alpha value is -0.670. The number of hydrogen-bond donors (Lipinski definition) is 1. The molecule has 1 unspecified atom stereocenters. The number of rotatable bonds is 7. The molecule has 0 spiro atoms. The van der Waals surface area contributed by atoms with Gasteiger partial charge in [-0.2, -0.15) is 0 Å². The number of thioether (sulfide) groups is 1. The summed E-state index contributed by atoms with van der Waals surface area (Å²) in [4.78, 5) is 1.27. The fourth-order valence-electron chi connectivity index (χ4n) is 1.53. The molecule has 3 heteroatoms. The van der Waals surface area contributed by atoms with Crippen molar-refractivity contribution in [3.8, 4) is 5.75 Å². The van der Waals surface area contributed by atoms with Crippen molar-refractivity contribution < 1.29 is 4.74 Å². The first kappa shape index (κ1) is 14.4. The van der Waals surface area contributed by atoms with Gasteiger partial charge in [-0.3, -0.25) is 0 Å². The summed E-state index contributed by atoms with van der Waals surface area (Å²) in [7, 11) is 0. The van der Waals surface area contributed by atoms with Crippen LogP contribution < -0.4 is 10.1 Å². The molecule has 0 bridgehead atoms. The normalized spacial score (nSPS) is 12.8. The van der Waals surface area contributed by atoms with Crippen LogP contribution in [0, 0.1) is 5.92 Å². The molecule has 0 aromatic heterocycles. The maximum Gasteiger partial charge on any atom is 0.119 e. The third-order valence-electron chi connectivity index (χ3n) is 2.69. The van der Waals surface area contributed by atoms with Gasteiger partial charge >= 0.3 is 0 Å². The zero-order valence-electron chi connectivity index (χ0n) is 11.2. The maximum absolute atomic E-state index is 6.01. The van der Waals surface area contributed by atoms with Crippen LogP contribution in [0.25, 0.3) is 0 Å². The fourth-order valence-corrected chi connectivity index (χ4v) is 1.94. The van der Waals surface area contributed by atoms with Crippen LogP contribution in [0.4, 0.5) is 0 Å². The quantitative estimate of drug-likeness (QED) is 0.752. The van der Waals surface area contributed by atoms with Gasteiger partial charge in [-0.1, -0.05) is 20.8 Å². The largest absolute Gasteiger partial charge is 0.489 e. The predicted molar refractivity (Wildman–Crippen MR) is 76.0 cm³/mol. The predicted octanol–water partition coefficient (Wildman–Crippen LogP) is 3.42. The second-order valence-electron chi connectivity index (χ2n) is 4.38. The molecule has 2 nitrogen and oxygen atoms in total. The Balaban J connectivity index is 2.58. The molecule has 0 radical (unpaired) electrons. The maximum atomic E-state index is 6.01. The molecule has 96 valence electrons. The Labute approximate surface area is 109 Å². The zero-order valence-corrected chi connectivity index (χ0v) is 12.0. The summed E-state index contributed by atoms with van der Waals surface area (Å²) in [5.74, 6) is 1.47. The monoisotopic (exact) mass is 253 g/mol. The molecule has 0 fully saturated rings. The van der Waals surface area contributed by atoms with Crippen molar-refractivity contribution in [1.29, 1.82) is 0 Å². The summed E-state index contributed by atoms with van der Waals surface area (Å²) >= 11 is 1.75. The molecule has 0 aliphatic heterocycles. The lowest BCUT2D eigenvalue weighted by Gasteiger charge is -2.23. The van der Waals surface area contributed by atoms with Gasteiger partial charge in [0.15, 0.2) is 0 Å². The van der Waals surface area contributed by atoms with Crippen molar-refractivity contribution in [2.45, 2.75) is 31.8 Å². The summed E-state index contributed by atoms with van der Waals surface area (Å²) in [5.41, 5.74) is 0. The van der Waals surface area contributed by atoms with Crippen LogP contribution in [-0.2, 0) is 0 Å². The number of hydrogen-bond acceptors (Lipinski definition) is 3.